The number of nitrogens with zero attached hydrogens (tertiary/aromatic N) is 2. The van der Waals surface area contributed by atoms with Crippen LogP contribution in [0.15, 0.2) is 34.9 Å². The van der Waals surface area contributed by atoms with E-state index in [9.17, 15) is 13.2 Å². The molecule has 1 N–H and O–H groups in total. The largest absolute Gasteiger partial charge is 0.480 e. The molecule has 0 bridgehead atoms. The van der Waals surface area contributed by atoms with E-state index in [1.54, 1.807) is 24.3 Å². The Labute approximate surface area is 121 Å². The van der Waals surface area contributed by atoms with Crippen LogP contribution in [0, 0.1) is 0 Å². The average molecular weight is 348 g/mol. The average Bonchev–Trinajstić information content (AvgIpc) is 2.40. The third-order valence-electron chi connectivity index (χ3n) is 2.35. The lowest BCUT2D eigenvalue weighted by atomic mass is 10.3. The number of alkyl halides is 3. The van der Waals surface area contributed by atoms with Crippen molar-refractivity contribution in [2.24, 2.45) is 0 Å². The number of hydrogen-bond donors (Lipinski definition) is 1. The molecule has 2 rings (SSSR count). The summed E-state index contributed by atoms with van der Waals surface area (Å²) in [4.78, 5) is 7.34. The molecule has 1 aromatic carbocycles. The van der Waals surface area contributed by atoms with E-state index in [4.69, 9.17) is 0 Å². The third-order valence-corrected chi connectivity index (χ3v) is 2.88. The minimum atomic E-state index is -4.55. The minimum absolute atomic E-state index is 0.0252. The van der Waals surface area contributed by atoms with Crippen molar-refractivity contribution in [2.75, 3.05) is 12.4 Å². The van der Waals surface area contributed by atoms with Gasteiger partial charge in [-0.1, -0.05) is 15.9 Å². The molecule has 0 aliphatic rings. The van der Waals surface area contributed by atoms with Crippen LogP contribution in [-0.4, -0.2) is 17.1 Å². The summed E-state index contributed by atoms with van der Waals surface area (Å²) in [7, 11) is 1.13. The highest BCUT2D eigenvalue weighted by Crippen LogP contribution is 2.35. The van der Waals surface area contributed by atoms with Crippen LogP contribution in [0.2, 0.25) is 0 Å². The fraction of sp³-hybridized carbons (Fsp3) is 0.167. The number of halogens is 4. The Morgan fingerprint density at radius 1 is 1.20 bits per heavy atom. The summed E-state index contributed by atoms with van der Waals surface area (Å²) < 4.78 is 43.5. The van der Waals surface area contributed by atoms with E-state index in [0.717, 1.165) is 11.6 Å². The van der Waals surface area contributed by atoms with Crippen molar-refractivity contribution >= 4 is 27.6 Å². The molecule has 0 aliphatic carbocycles. The van der Waals surface area contributed by atoms with Crippen LogP contribution in [0.3, 0.4) is 0 Å². The Kier molecular flexibility index (Phi) is 4.12. The van der Waals surface area contributed by atoms with Crippen LogP contribution in [0.25, 0.3) is 0 Å². The second-order valence-corrected chi connectivity index (χ2v) is 4.66. The van der Waals surface area contributed by atoms with Crippen LogP contribution >= 0.6 is 15.9 Å². The maximum absolute atomic E-state index is 12.7. The fourth-order valence-electron chi connectivity index (χ4n) is 1.44. The summed E-state index contributed by atoms with van der Waals surface area (Å²) in [5, 5.41) is 2.79. The number of rotatable bonds is 3. The van der Waals surface area contributed by atoms with Crippen LogP contribution in [0.1, 0.15) is 5.56 Å². The maximum Gasteiger partial charge on any atom is 0.423 e. The fourth-order valence-corrected chi connectivity index (χ4v) is 1.70. The van der Waals surface area contributed by atoms with Gasteiger partial charge in [0.15, 0.2) is 0 Å². The maximum atomic E-state index is 12.7. The molecule has 0 aliphatic heterocycles. The molecule has 8 heteroatoms. The van der Waals surface area contributed by atoms with Crippen molar-refractivity contribution in [3.8, 4) is 5.88 Å². The molecule has 0 saturated carbocycles. The standard InChI is InChI=1S/C12H9BrF3N3O/c1-20-10-9(12(14,15)16)6-17-11(19-10)18-8-4-2-7(13)3-5-8/h2-6H,1H3,(H,17,18,19). The lowest BCUT2D eigenvalue weighted by Crippen LogP contribution is -2.11. The van der Waals surface area contributed by atoms with E-state index >= 15 is 0 Å². The molecule has 0 radical (unpaired) electrons. The van der Waals surface area contributed by atoms with Crippen molar-refractivity contribution < 1.29 is 17.9 Å². The van der Waals surface area contributed by atoms with E-state index < -0.39 is 17.6 Å². The summed E-state index contributed by atoms with van der Waals surface area (Å²) in [6, 6.07) is 7.03. The Morgan fingerprint density at radius 2 is 1.85 bits per heavy atom. The first-order valence-electron chi connectivity index (χ1n) is 5.41. The zero-order valence-corrected chi connectivity index (χ0v) is 11.8. The first kappa shape index (κ1) is 14.6. The molecule has 0 spiro atoms. The van der Waals surface area contributed by atoms with Crippen molar-refractivity contribution in [2.45, 2.75) is 6.18 Å². The van der Waals surface area contributed by atoms with E-state index in [2.05, 4.69) is 36.0 Å². The molecule has 0 unspecified atom stereocenters. The summed E-state index contributed by atoms with van der Waals surface area (Å²) in [5.41, 5.74) is -0.364. The SMILES string of the molecule is COc1nc(Nc2ccc(Br)cc2)ncc1C(F)(F)F. The van der Waals surface area contributed by atoms with Crippen LogP contribution in [-0.2, 0) is 6.18 Å². The van der Waals surface area contributed by atoms with Gasteiger partial charge in [0, 0.05) is 16.4 Å². The number of benzene rings is 1. The number of hydrogen-bond acceptors (Lipinski definition) is 4. The zero-order chi connectivity index (χ0) is 14.8. The molecule has 20 heavy (non-hydrogen) atoms. The smallest absolute Gasteiger partial charge is 0.423 e. The Bertz CT molecular complexity index is 602. The second kappa shape index (κ2) is 5.66. The molecule has 106 valence electrons. The normalized spacial score (nSPS) is 11.2. The molecule has 2 aromatic rings. The molecule has 0 saturated heterocycles. The van der Waals surface area contributed by atoms with Crippen molar-refractivity contribution in [3.05, 3.63) is 40.5 Å². The minimum Gasteiger partial charge on any atom is -0.480 e. The molecular weight excluding hydrogens is 339 g/mol. The first-order chi connectivity index (χ1) is 9.40. The highest BCUT2D eigenvalue weighted by Gasteiger charge is 2.36. The van der Waals surface area contributed by atoms with Crippen LogP contribution in [0.4, 0.5) is 24.8 Å². The molecule has 1 aromatic heterocycles. The molecule has 0 fully saturated rings. The predicted octanol–water partition coefficient (Wildman–Crippen LogP) is 4.01. The summed E-state index contributed by atoms with van der Waals surface area (Å²) in [6.45, 7) is 0. The highest BCUT2D eigenvalue weighted by atomic mass is 79.9. The molecule has 0 amide bonds. The zero-order valence-electron chi connectivity index (χ0n) is 10.2. The van der Waals surface area contributed by atoms with Gasteiger partial charge in [0.1, 0.15) is 5.56 Å². The summed E-state index contributed by atoms with van der Waals surface area (Å²) in [6.07, 6.45) is -3.87. The van der Waals surface area contributed by atoms with Gasteiger partial charge in [-0.2, -0.15) is 18.2 Å². The van der Waals surface area contributed by atoms with E-state index in [1.165, 1.54) is 0 Å². The predicted molar refractivity (Wildman–Crippen MR) is 71.0 cm³/mol. The van der Waals surface area contributed by atoms with Gasteiger partial charge in [0.25, 0.3) is 0 Å². The van der Waals surface area contributed by atoms with E-state index in [1.807, 2.05) is 0 Å². The number of methoxy groups -OCH3 is 1. The van der Waals surface area contributed by atoms with Gasteiger partial charge in [-0.05, 0) is 24.3 Å². The molecule has 0 atom stereocenters. The second-order valence-electron chi connectivity index (χ2n) is 3.75. The van der Waals surface area contributed by atoms with Gasteiger partial charge in [-0.25, -0.2) is 4.98 Å². The number of nitrogens with one attached hydrogen (secondary N) is 1. The van der Waals surface area contributed by atoms with Crippen molar-refractivity contribution in [1.82, 2.24) is 9.97 Å². The van der Waals surface area contributed by atoms with Crippen molar-refractivity contribution in [3.63, 3.8) is 0 Å². The molecule has 4 nitrogen and oxygen atoms in total. The lowest BCUT2D eigenvalue weighted by molar-refractivity contribution is -0.139. The quantitative estimate of drug-likeness (QED) is 0.911. The Hall–Kier alpha value is -1.83. The van der Waals surface area contributed by atoms with Gasteiger partial charge in [-0.15, -0.1) is 0 Å². The summed E-state index contributed by atoms with van der Waals surface area (Å²) in [5.74, 6) is -0.496. The van der Waals surface area contributed by atoms with Gasteiger partial charge >= 0.3 is 6.18 Å². The molecule has 1 heterocycles. The first-order valence-corrected chi connectivity index (χ1v) is 6.20. The topological polar surface area (TPSA) is 47.0 Å². The number of anilines is 2. The van der Waals surface area contributed by atoms with Gasteiger partial charge in [0.2, 0.25) is 11.8 Å². The Morgan fingerprint density at radius 3 is 2.40 bits per heavy atom. The summed E-state index contributed by atoms with van der Waals surface area (Å²) >= 11 is 3.28. The van der Waals surface area contributed by atoms with E-state index in [0.29, 0.717) is 11.9 Å². The van der Waals surface area contributed by atoms with Crippen molar-refractivity contribution in [1.29, 1.82) is 0 Å². The van der Waals surface area contributed by atoms with Gasteiger partial charge in [0.05, 0.1) is 7.11 Å². The highest BCUT2D eigenvalue weighted by molar-refractivity contribution is 9.10. The monoisotopic (exact) mass is 347 g/mol. The Balaban J connectivity index is 2.28. The van der Waals surface area contributed by atoms with E-state index in [-0.39, 0.29) is 5.95 Å². The van der Waals surface area contributed by atoms with Gasteiger partial charge < -0.3 is 10.1 Å². The van der Waals surface area contributed by atoms with Crippen LogP contribution in [0.5, 0.6) is 5.88 Å². The van der Waals surface area contributed by atoms with Gasteiger partial charge in [-0.3, -0.25) is 0 Å². The number of ether oxygens (including phenoxy) is 1. The number of aromatic nitrogens is 2. The lowest BCUT2D eigenvalue weighted by Gasteiger charge is -2.12. The molecular formula is C12H9BrF3N3O. The third kappa shape index (κ3) is 3.38. The van der Waals surface area contributed by atoms with Crippen LogP contribution < -0.4 is 10.1 Å².